The number of rotatable bonds is 4. The summed E-state index contributed by atoms with van der Waals surface area (Å²) in [6.07, 6.45) is 2.31. The molecule has 0 saturated carbocycles. The summed E-state index contributed by atoms with van der Waals surface area (Å²) in [7, 11) is 0. The van der Waals surface area contributed by atoms with E-state index in [1.165, 1.54) is 6.20 Å². The molecule has 19 heavy (non-hydrogen) atoms. The Morgan fingerprint density at radius 2 is 1.95 bits per heavy atom. The fourth-order valence-corrected chi connectivity index (χ4v) is 1.96. The normalized spacial score (nSPS) is 10.5. The number of ether oxygens (including phenoxy) is 1. The predicted octanol–water partition coefficient (Wildman–Crippen LogP) is 2.73. The summed E-state index contributed by atoms with van der Waals surface area (Å²) in [5.41, 5.74) is 2.26. The number of aldehydes is 1. The molecule has 2 heterocycles. The predicted molar refractivity (Wildman–Crippen MR) is 71.4 cm³/mol. The third-order valence-electron chi connectivity index (χ3n) is 2.87. The Labute approximate surface area is 110 Å². The smallest absolute Gasteiger partial charge is 0.200 e. The van der Waals surface area contributed by atoms with Crippen LogP contribution >= 0.6 is 0 Å². The minimum atomic E-state index is 0.455. The maximum Gasteiger partial charge on any atom is 0.200 e. The van der Waals surface area contributed by atoms with Crippen LogP contribution in [0.4, 0.5) is 0 Å². The number of aromatic nitrogens is 2. The molecule has 1 aromatic carbocycles. The van der Waals surface area contributed by atoms with E-state index in [4.69, 9.17) is 4.74 Å². The number of fused-ring (bicyclic) bond motifs is 1. The average molecular weight is 252 g/mol. The first-order chi connectivity index (χ1) is 9.38. The van der Waals surface area contributed by atoms with Crippen molar-refractivity contribution >= 4 is 11.9 Å². The molecule has 4 nitrogen and oxygen atoms in total. The number of pyridine rings is 1. The first-order valence-corrected chi connectivity index (χ1v) is 5.97. The summed E-state index contributed by atoms with van der Waals surface area (Å²) in [6, 6.07) is 15.4. The largest absolute Gasteiger partial charge is 0.474 e. The fraction of sp³-hybridized carbons (Fsp3) is 0.0667. The van der Waals surface area contributed by atoms with Gasteiger partial charge in [-0.2, -0.15) is 0 Å². The molecule has 0 unspecified atom stereocenters. The minimum Gasteiger partial charge on any atom is -0.474 e. The molecule has 0 saturated heterocycles. The lowest BCUT2D eigenvalue weighted by atomic mass is 10.2. The summed E-state index contributed by atoms with van der Waals surface area (Å²) >= 11 is 0. The van der Waals surface area contributed by atoms with E-state index >= 15 is 0 Å². The number of carbonyl (C=O) groups excluding carboxylic acids is 1. The van der Waals surface area contributed by atoms with Gasteiger partial charge in [0.1, 0.15) is 17.9 Å². The van der Waals surface area contributed by atoms with E-state index in [0.29, 0.717) is 23.8 Å². The zero-order chi connectivity index (χ0) is 13.1. The molecule has 0 amide bonds. The molecule has 4 heteroatoms. The van der Waals surface area contributed by atoms with Crippen LogP contribution in [-0.4, -0.2) is 15.7 Å². The van der Waals surface area contributed by atoms with Crippen molar-refractivity contribution in [3.05, 3.63) is 66.0 Å². The fourth-order valence-electron chi connectivity index (χ4n) is 1.96. The molecule has 0 aliphatic carbocycles. The van der Waals surface area contributed by atoms with Crippen molar-refractivity contribution in [2.45, 2.75) is 6.61 Å². The molecule has 0 aliphatic rings. The van der Waals surface area contributed by atoms with Crippen molar-refractivity contribution in [2.24, 2.45) is 0 Å². The van der Waals surface area contributed by atoms with Crippen LogP contribution in [0.25, 0.3) is 5.65 Å². The summed E-state index contributed by atoms with van der Waals surface area (Å²) in [6.45, 7) is 0.455. The second-order valence-electron chi connectivity index (χ2n) is 4.13. The van der Waals surface area contributed by atoms with Crippen LogP contribution in [0, 0.1) is 0 Å². The van der Waals surface area contributed by atoms with Gasteiger partial charge in [-0.05, 0) is 17.7 Å². The van der Waals surface area contributed by atoms with Gasteiger partial charge in [-0.1, -0.05) is 36.4 Å². The standard InChI is InChI=1S/C15H12N2O2/c18-10-13-9-16-14-7-4-8-15(17(13)14)19-11-12-5-2-1-3-6-12/h1-10H,11H2. The maximum absolute atomic E-state index is 11.0. The van der Waals surface area contributed by atoms with E-state index < -0.39 is 0 Å². The quantitative estimate of drug-likeness (QED) is 0.670. The lowest BCUT2D eigenvalue weighted by Gasteiger charge is -2.09. The van der Waals surface area contributed by atoms with E-state index in [1.54, 1.807) is 4.40 Å². The van der Waals surface area contributed by atoms with E-state index in [9.17, 15) is 4.79 Å². The van der Waals surface area contributed by atoms with E-state index in [-0.39, 0.29) is 0 Å². The molecule has 94 valence electrons. The topological polar surface area (TPSA) is 43.6 Å². The molecule has 0 fully saturated rings. The third kappa shape index (κ3) is 2.20. The van der Waals surface area contributed by atoms with Gasteiger partial charge in [0.25, 0.3) is 0 Å². The van der Waals surface area contributed by atoms with Crippen LogP contribution in [0.3, 0.4) is 0 Å². The van der Waals surface area contributed by atoms with Gasteiger partial charge in [-0.25, -0.2) is 4.98 Å². The molecule has 0 radical (unpaired) electrons. The Balaban J connectivity index is 1.92. The Kier molecular flexibility index (Phi) is 2.98. The summed E-state index contributed by atoms with van der Waals surface area (Å²) in [5, 5.41) is 0. The number of carbonyl (C=O) groups is 1. The van der Waals surface area contributed by atoms with Crippen LogP contribution in [0.15, 0.2) is 54.7 Å². The molecule has 3 rings (SSSR count). The van der Waals surface area contributed by atoms with Gasteiger partial charge >= 0.3 is 0 Å². The number of hydrogen-bond acceptors (Lipinski definition) is 3. The van der Waals surface area contributed by atoms with Crippen molar-refractivity contribution in [3.63, 3.8) is 0 Å². The molecular formula is C15H12N2O2. The molecule has 0 spiro atoms. The second kappa shape index (κ2) is 4.94. The SMILES string of the molecule is O=Cc1cnc2cccc(OCc3ccccc3)n12. The number of benzene rings is 1. The maximum atomic E-state index is 11.0. The van der Waals surface area contributed by atoms with Crippen LogP contribution in [-0.2, 0) is 6.61 Å². The summed E-state index contributed by atoms with van der Waals surface area (Å²) in [5.74, 6) is 0.612. The molecule has 0 N–H and O–H groups in total. The molecule has 0 atom stereocenters. The average Bonchev–Trinajstić information content (AvgIpc) is 2.90. The van der Waals surface area contributed by atoms with Gasteiger partial charge < -0.3 is 4.74 Å². The number of hydrogen-bond donors (Lipinski definition) is 0. The molecule has 3 aromatic rings. The molecule has 2 aromatic heterocycles. The van der Waals surface area contributed by atoms with Crippen molar-refractivity contribution in [1.82, 2.24) is 9.38 Å². The summed E-state index contributed by atoms with van der Waals surface area (Å²) < 4.78 is 7.47. The highest BCUT2D eigenvalue weighted by molar-refractivity contribution is 5.74. The van der Waals surface area contributed by atoms with Crippen molar-refractivity contribution in [3.8, 4) is 5.88 Å². The Morgan fingerprint density at radius 1 is 1.11 bits per heavy atom. The first-order valence-electron chi connectivity index (χ1n) is 5.97. The highest BCUT2D eigenvalue weighted by Crippen LogP contribution is 2.17. The van der Waals surface area contributed by atoms with Gasteiger partial charge in [-0.3, -0.25) is 9.20 Å². The van der Waals surface area contributed by atoms with Crippen LogP contribution in [0.5, 0.6) is 5.88 Å². The van der Waals surface area contributed by atoms with Crippen LogP contribution in [0.1, 0.15) is 16.1 Å². The van der Waals surface area contributed by atoms with Crippen LogP contribution < -0.4 is 4.74 Å². The van der Waals surface area contributed by atoms with Gasteiger partial charge in [0, 0.05) is 0 Å². The van der Waals surface area contributed by atoms with Gasteiger partial charge in [0.05, 0.1) is 6.20 Å². The lowest BCUT2D eigenvalue weighted by molar-refractivity contribution is 0.111. The number of nitrogens with zero attached hydrogens (tertiary/aromatic N) is 2. The number of imidazole rings is 1. The highest BCUT2D eigenvalue weighted by Gasteiger charge is 2.07. The van der Waals surface area contributed by atoms with Crippen LogP contribution in [0.2, 0.25) is 0 Å². The highest BCUT2D eigenvalue weighted by atomic mass is 16.5. The Bertz CT molecular complexity index is 704. The Morgan fingerprint density at radius 3 is 2.74 bits per heavy atom. The van der Waals surface area contributed by atoms with E-state index in [1.807, 2.05) is 48.5 Å². The first kappa shape index (κ1) is 11.5. The molecule has 0 aliphatic heterocycles. The van der Waals surface area contributed by atoms with Crippen molar-refractivity contribution in [1.29, 1.82) is 0 Å². The third-order valence-corrected chi connectivity index (χ3v) is 2.87. The van der Waals surface area contributed by atoms with Gasteiger partial charge in [0.15, 0.2) is 12.2 Å². The van der Waals surface area contributed by atoms with Crippen molar-refractivity contribution < 1.29 is 9.53 Å². The lowest BCUT2D eigenvalue weighted by Crippen LogP contribution is -2.02. The van der Waals surface area contributed by atoms with Gasteiger partial charge in [0.2, 0.25) is 0 Å². The minimum absolute atomic E-state index is 0.455. The second-order valence-corrected chi connectivity index (χ2v) is 4.13. The monoisotopic (exact) mass is 252 g/mol. The summed E-state index contributed by atoms with van der Waals surface area (Å²) in [4.78, 5) is 15.1. The Hall–Kier alpha value is -2.62. The van der Waals surface area contributed by atoms with E-state index in [2.05, 4.69) is 4.98 Å². The van der Waals surface area contributed by atoms with Gasteiger partial charge in [-0.15, -0.1) is 0 Å². The van der Waals surface area contributed by atoms with Crippen molar-refractivity contribution in [2.75, 3.05) is 0 Å². The van der Waals surface area contributed by atoms with E-state index in [0.717, 1.165) is 11.8 Å². The molecular weight excluding hydrogens is 240 g/mol. The molecule has 0 bridgehead atoms. The zero-order valence-corrected chi connectivity index (χ0v) is 10.2. The zero-order valence-electron chi connectivity index (χ0n) is 10.2.